The quantitative estimate of drug-likeness (QED) is 0.391. The van der Waals surface area contributed by atoms with Gasteiger partial charge >= 0.3 is 0 Å². The maximum Gasteiger partial charge on any atom is 0.262 e. The van der Waals surface area contributed by atoms with Crippen LogP contribution in [0, 0.1) is 0 Å². The molecule has 2 aromatic heterocycles. The molecule has 10 nitrogen and oxygen atoms in total. The Morgan fingerprint density at radius 1 is 1.12 bits per heavy atom. The Labute approximate surface area is 193 Å². The molecule has 170 valence electrons. The summed E-state index contributed by atoms with van der Waals surface area (Å²) in [6, 6.07) is 14.2. The Kier molecular flexibility index (Phi) is 6.31. The van der Waals surface area contributed by atoms with Gasteiger partial charge in [-0.25, -0.2) is 0 Å². The minimum absolute atomic E-state index is 0.0308. The Morgan fingerprint density at radius 3 is 2.55 bits per heavy atom. The molecule has 0 spiro atoms. The molecule has 0 saturated heterocycles. The van der Waals surface area contributed by atoms with Crippen LogP contribution in [0.2, 0.25) is 0 Å². The van der Waals surface area contributed by atoms with Crippen molar-refractivity contribution in [1.82, 2.24) is 19.2 Å². The van der Waals surface area contributed by atoms with Crippen LogP contribution in [0.25, 0.3) is 16.7 Å². The number of hydrogen-bond donors (Lipinski definition) is 1. The normalized spacial score (nSPS) is 11.1. The summed E-state index contributed by atoms with van der Waals surface area (Å²) >= 11 is 1.20. The van der Waals surface area contributed by atoms with Gasteiger partial charge in [0.1, 0.15) is 5.75 Å². The summed E-state index contributed by atoms with van der Waals surface area (Å²) in [6.07, 6.45) is 0.0308. The summed E-state index contributed by atoms with van der Waals surface area (Å²) in [5.74, 6) is 0.363. The predicted octanol–water partition coefficient (Wildman–Crippen LogP) is 1.59. The van der Waals surface area contributed by atoms with Crippen molar-refractivity contribution >= 4 is 45.9 Å². The van der Waals surface area contributed by atoms with E-state index in [4.69, 9.17) is 10.5 Å². The number of para-hydroxylation sites is 1. The first-order valence-electron chi connectivity index (χ1n) is 10.1. The molecule has 4 aromatic rings. The average molecular weight is 467 g/mol. The van der Waals surface area contributed by atoms with Crippen molar-refractivity contribution in [2.75, 3.05) is 24.3 Å². The van der Waals surface area contributed by atoms with Gasteiger partial charge in [0.15, 0.2) is 5.16 Å². The monoisotopic (exact) mass is 466 g/mol. The van der Waals surface area contributed by atoms with Crippen LogP contribution < -0.4 is 20.9 Å². The van der Waals surface area contributed by atoms with Crippen LogP contribution in [0.4, 0.5) is 5.69 Å². The van der Waals surface area contributed by atoms with Crippen LogP contribution in [0.1, 0.15) is 6.42 Å². The third-order valence-corrected chi connectivity index (χ3v) is 6.10. The van der Waals surface area contributed by atoms with Crippen molar-refractivity contribution in [2.24, 2.45) is 12.8 Å². The summed E-state index contributed by atoms with van der Waals surface area (Å²) in [5, 5.41) is 9.36. The molecule has 11 heteroatoms. The summed E-state index contributed by atoms with van der Waals surface area (Å²) in [7, 11) is 3.19. The van der Waals surface area contributed by atoms with Gasteiger partial charge in [0.05, 0.1) is 23.8 Å². The first kappa shape index (κ1) is 22.3. The molecule has 2 N–H and O–H groups in total. The van der Waals surface area contributed by atoms with Crippen molar-refractivity contribution in [3.05, 3.63) is 58.9 Å². The molecule has 4 rings (SSSR count). The lowest BCUT2D eigenvalue weighted by atomic mass is 10.2. The minimum Gasteiger partial charge on any atom is -0.497 e. The number of carbonyl (C=O) groups excluding carboxylic acids is 2. The molecule has 0 atom stereocenters. The maximum atomic E-state index is 13.1. The number of carbonyl (C=O) groups is 2. The molecule has 0 bridgehead atoms. The van der Waals surface area contributed by atoms with Crippen molar-refractivity contribution in [3.63, 3.8) is 0 Å². The van der Waals surface area contributed by atoms with Gasteiger partial charge in [-0.15, -0.1) is 10.2 Å². The highest BCUT2D eigenvalue weighted by atomic mass is 32.2. The van der Waals surface area contributed by atoms with Crippen LogP contribution in [0.3, 0.4) is 0 Å². The second-order valence-corrected chi connectivity index (χ2v) is 8.19. The van der Waals surface area contributed by atoms with E-state index in [9.17, 15) is 14.4 Å². The highest BCUT2D eigenvalue weighted by molar-refractivity contribution is 7.99. The number of nitrogens with zero attached hydrogens (tertiary/aromatic N) is 5. The number of nitrogens with two attached hydrogens (primary N) is 1. The molecule has 0 aliphatic heterocycles. The zero-order valence-corrected chi connectivity index (χ0v) is 18.9. The summed E-state index contributed by atoms with van der Waals surface area (Å²) in [4.78, 5) is 38.6. The van der Waals surface area contributed by atoms with Gasteiger partial charge in [0.2, 0.25) is 17.6 Å². The first-order valence-corrected chi connectivity index (χ1v) is 11.1. The molecule has 2 heterocycles. The van der Waals surface area contributed by atoms with Gasteiger partial charge in [-0.2, -0.15) is 0 Å². The second-order valence-electron chi connectivity index (χ2n) is 7.25. The smallest absolute Gasteiger partial charge is 0.262 e. The number of ether oxygens (including phenoxy) is 1. The third-order valence-electron chi connectivity index (χ3n) is 5.19. The summed E-state index contributed by atoms with van der Waals surface area (Å²) in [5.41, 5.74) is 6.42. The summed E-state index contributed by atoms with van der Waals surface area (Å²) in [6.45, 7) is 0.152. The molecule has 0 aliphatic rings. The fraction of sp³-hybridized carbons (Fsp3) is 0.227. The van der Waals surface area contributed by atoms with E-state index < -0.39 is 5.91 Å². The SMILES string of the molecule is COc1ccc(N(CCC(N)=O)C(=O)CSc2nnc3n(C)c(=O)c4ccccc4n23)cc1. The Bertz CT molecular complexity index is 1400. The highest BCUT2D eigenvalue weighted by Crippen LogP contribution is 2.24. The van der Waals surface area contributed by atoms with Crippen LogP contribution in [0.5, 0.6) is 5.75 Å². The zero-order valence-electron chi connectivity index (χ0n) is 18.1. The Morgan fingerprint density at radius 2 is 1.85 bits per heavy atom. The van der Waals surface area contributed by atoms with Gasteiger partial charge in [-0.3, -0.25) is 23.4 Å². The lowest BCUT2D eigenvalue weighted by Crippen LogP contribution is -2.35. The Hall–Kier alpha value is -3.86. The summed E-state index contributed by atoms with van der Waals surface area (Å²) < 4.78 is 8.36. The molecule has 33 heavy (non-hydrogen) atoms. The third kappa shape index (κ3) is 4.40. The molecule has 0 unspecified atom stereocenters. The number of primary amides is 1. The molecular weight excluding hydrogens is 444 g/mol. The van der Waals surface area contributed by atoms with Crippen LogP contribution in [0.15, 0.2) is 58.5 Å². The largest absolute Gasteiger partial charge is 0.497 e. The fourth-order valence-electron chi connectivity index (χ4n) is 3.49. The van der Waals surface area contributed by atoms with E-state index in [0.717, 1.165) is 0 Å². The van der Waals surface area contributed by atoms with E-state index in [1.165, 1.54) is 21.2 Å². The predicted molar refractivity (Wildman–Crippen MR) is 126 cm³/mol. The van der Waals surface area contributed by atoms with Crippen molar-refractivity contribution < 1.29 is 14.3 Å². The van der Waals surface area contributed by atoms with Gasteiger partial charge in [-0.05, 0) is 36.4 Å². The number of hydrogen-bond acceptors (Lipinski definition) is 7. The molecule has 0 saturated carbocycles. The van der Waals surface area contributed by atoms with Gasteiger partial charge in [-0.1, -0.05) is 23.9 Å². The van der Waals surface area contributed by atoms with Crippen molar-refractivity contribution in [2.45, 2.75) is 11.6 Å². The molecule has 0 aliphatic carbocycles. The van der Waals surface area contributed by atoms with Gasteiger partial charge in [0.25, 0.3) is 5.56 Å². The molecule has 2 aromatic carbocycles. The topological polar surface area (TPSA) is 125 Å². The minimum atomic E-state index is -0.496. The number of benzene rings is 2. The van der Waals surface area contributed by atoms with E-state index >= 15 is 0 Å². The Balaban J connectivity index is 1.63. The average Bonchev–Trinajstić information content (AvgIpc) is 3.26. The number of anilines is 1. The number of rotatable bonds is 8. The van der Waals surface area contributed by atoms with E-state index in [-0.39, 0.29) is 30.2 Å². The van der Waals surface area contributed by atoms with Crippen LogP contribution >= 0.6 is 11.8 Å². The number of amides is 2. The molecule has 2 amide bonds. The molecule has 0 radical (unpaired) electrons. The number of fused-ring (bicyclic) bond motifs is 3. The number of aryl methyl sites for hydroxylation is 1. The fourth-order valence-corrected chi connectivity index (χ4v) is 4.31. The van der Waals surface area contributed by atoms with Crippen LogP contribution in [-0.4, -0.2) is 50.4 Å². The zero-order chi connectivity index (χ0) is 23.5. The van der Waals surface area contributed by atoms with E-state index in [2.05, 4.69) is 10.2 Å². The van der Waals surface area contributed by atoms with Crippen molar-refractivity contribution in [1.29, 1.82) is 0 Å². The van der Waals surface area contributed by atoms with E-state index in [1.807, 2.05) is 12.1 Å². The van der Waals surface area contributed by atoms with Crippen molar-refractivity contribution in [3.8, 4) is 5.75 Å². The number of methoxy groups -OCH3 is 1. The number of thioether (sulfide) groups is 1. The molecule has 0 fully saturated rings. The number of aromatic nitrogens is 4. The van der Waals surface area contributed by atoms with E-state index in [1.54, 1.807) is 55.0 Å². The lowest BCUT2D eigenvalue weighted by molar-refractivity contribution is -0.118. The standard InChI is InChI=1S/C22H22N6O4S/c1-26-20(31)16-5-3-4-6-17(16)28-21(26)24-25-22(28)33-13-19(30)27(12-11-18(23)29)14-7-9-15(32-2)10-8-14/h3-10H,11-13H2,1-2H3,(H2,23,29). The maximum absolute atomic E-state index is 13.1. The highest BCUT2D eigenvalue weighted by Gasteiger charge is 2.20. The first-order chi connectivity index (χ1) is 15.9. The van der Waals surface area contributed by atoms with Crippen LogP contribution in [-0.2, 0) is 16.6 Å². The molecular formula is C22H22N6O4S. The lowest BCUT2D eigenvalue weighted by Gasteiger charge is -2.22. The second kappa shape index (κ2) is 9.33. The van der Waals surface area contributed by atoms with Gasteiger partial charge in [0, 0.05) is 25.7 Å². The van der Waals surface area contributed by atoms with Gasteiger partial charge < -0.3 is 15.4 Å². The van der Waals surface area contributed by atoms with E-state index in [0.29, 0.717) is 33.3 Å².